The first-order valence-corrected chi connectivity index (χ1v) is 12.3. The maximum absolute atomic E-state index is 12.5. The topological polar surface area (TPSA) is 69.0 Å². The van der Waals surface area contributed by atoms with Gasteiger partial charge in [0.15, 0.2) is 0 Å². The number of halogens is 1. The van der Waals surface area contributed by atoms with Crippen LogP contribution in [-0.4, -0.2) is 20.6 Å². The number of carbonyl (C=O) groups excluding carboxylic acids is 1. The summed E-state index contributed by atoms with van der Waals surface area (Å²) in [7, 11) is 0. The van der Waals surface area contributed by atoms with Gasteiger partial charge in [0.25, 0.3) is 0 Å². The molecule has 1 unspecified atom stereocenters. The van der Waals surface area contributed by atoms with E-state index in [1.807, 2.05) is 44.2 Å². The summed E-state index contributed by atoms with van der Waals surface area (Å²) in [5.41, 5.74) is 5.81. The van der Waals surface area contributed by atoms with E-state index in [4.69, 9.17) is 21.3 Å². The van der Waals surface area contributed by atoms with Gasteiger partial charge in [0, 0.05) is 23.0 Å². The Morgan fingerprint density at radius 1 is 1.24 bits per heavy atom. The normalized spacial score (nSPS) is 15.5. The van der Waals surface area contributed by atoms with Crippen LogP contribution >= 0.6 is 22.9 Å². The summed E-state index contributed by atoms with van der Waals surface area (Å²) in [6, 6.07) is 12.3. The first kappa shape index (κ1) is 21.9. The van der Waals surface area contributed by atoms with Crippen LogP contribution in [0.25, 0.3) is 21.6 Å². The molecule has 1 amide bonds. The second kappa shape index (κ2) is 8.80. The van der Waals surface area contributed by atoms with Crippen LogP contribution in [-0.2, 0) is 17.8 Å². The Bertz CT molecular complexity index is 1360. The number of ether oxygens (including phenoxy) is 1. The fourth-order valence-corrected chi connectivity index (χ4v) is 5.68. The molecule has 1 N–H and O–H groups in total. The first-order chi connectivity index (χ1) is 15.9. The lowest BCUT2D eigenvalue weighted by Crippen LogP contribution is -2.15. The van der Waals surface area contributed by atoms with Gasteiger partial charge >= 0.3 is 6.09 Å². The third-order valence-corrected chi connectivity index (χ3v) is 7.43. The van der Waals surface area contributed by atoms with Crippen LogP contribution in [0.4, 0.5) is 9.80 Å². The summed E-state index contributed by atoms with van der Waals surface area (Å²) in [6.07, 6.45) is 2.87. The minimum Gasteiger partial charge on any atom is -0.444 e. The molecule has 0 fully saturated rings. The average molecular weight is 481 g/mol. The number of aryl methyl sites for hydroxylation is 3. The summed E-state index contributed by atoms with van der Waals surface area (Å²) < 4.78 is 7.83. The molecule has 1 atom stereocenters. The van der Waals surface area contributed by atoms with Crippen molar-refractivity contribution in [2.24, 2.45) is 0 Å². The van der Waals surface area contributed by atoms with Gasteiger partial charge in [-0.1, -0.05) is 35.1 Å². The maximum atomic E-state index is 12.5. The van der Waals surface area contributed by atoms with E-state index in [0.29, 0.717) is 16.1 Å². The lowest BCUT2D eigenvalue weighted by molar-refractivity contribution is 0.155. The molecule has 0 radical (unpaired) electrons. The molecule has 0 spiro atoms. The molecule has 1 aliphatic heterocycles. The minimum atomic E-state index is -0.501. The smallest absolute Gasteiger partial charge is 0.412 e. The van der Waals surface area contributed by atoms with Gasteiger partial charge in [-0.05, 0) is 69.0 Å². The Balaban J connectivity index is 1.26. The van der Waals surface area contributed by atoms with E-state index in [1.165, 1.54) is 24.2 Å². The van der Waals surface area contributed by atoms with Crippen molar-refractivity contribution >= 4 is 45.1 Å². The summed E-state index contributed by atoms with van der Waals surface area (Å²) in [4.78, 5) is 21.9. The predicted molar refractivity (Wildman–Crippen MR) is 133 cm³/mol. The molecule has 0 saturated carbocycles. The van der Waals surface area contributed by atoms with Gasteiger partial charge in [-0.15, -0.1) is 0 Å². The van der Waals surface area contributed by atoms with Crippen LogP contribution in [0.5, 0.6) is 0 Å². The quantitative estimate of drug-likeness (QED) is 0.339. The molecule has 170 valence electrons. The van der Waals surface area contributed by atoms with Crippen molar-refractivity contribution in [3.05, 3.63) is 64.1 Å². The Labute approximate surface area is 201 Å². The van der Waals surface area contributed by atoms with Crippen LogP contribution < -0.4 is 5.32 Å². The molecule has 2 aromatic carbocycles. The van der Waals surface area contributed by atoms with E-state index in [9.17, 15) is 4.79 Å². The van der Waals surface area contributed by atoms with E-state index < -0.39 is 6.09 Å². The Morgan fingerprint density at radius 3 is 2.91 bits per heavy atom. The second-order valence-electron chi connectivity index (χ2n) is 8.56. The summed E-state index contributed by atoms with van der Waals surface area (Å²) in [5, 5.41) is 5.03. The van der Waals surface area contributed by atoms with E-state index in [-0.39, 0.29) is 6.61 Å². The van der Waals surface area contributed by atoms with E-state index in [1.54, 1.807) is 0 Å². The molecule has 1 aliphatic rings. The van der Waals surface area contributed by atoms with Crippen molar-refractivity contribution in [1.82, 2.24) is 14.5 Å². The minimum absolute atomic E-state index is 0.181. The van der Waals surface area contributed by atoms with Crippen molar-refractivity contribution < 1.29 is 9.53 Å². The Hall–Kier alpha value is -2.90. The number of anilines is 1. The van der Waals surface area contributed by atoms with E-state index in [2.05, 4.69) is 27.9 Å². The number of hydrogen-bond donors (Lipinski definition) is 1. The Morgan fingerprint density at radius 2 is 2.09 bits per heavy atom. The SMILES string of the molecule is Cc1cc(Cl)ccc1-c1nc(C)c(NC(=O)OCc2ccc3c(c2)nc2n3C(C)CCC2)s1. The van der Waals surface area contributed by atoms with Gasteiger partial charge < -0.3 is 9.30 Å². The number of carbonyl (C=O) groups is 1. The van der Waals surface area contributed by atoms with Gasteiger partial charge in [0.2, 0.25) is 0 Å². The number of aromatic nitrogens is 3. The number of nitrogens with one attached hydrogen (secondary N) is 1. The molecule has 8 heteroatoms. The van der Waals surface area contributed by atoms with Crippen molar-refractivity contribution in [3.8, 4) is 10.6 Å². The highest BCUT2D eigenvalue weighted by molar-refractivity contribution is 7.19. The number of rotatable bonds is 4. The number of hydrogen-bond acceptors (Lipinski definition) is 5. The highest BCUT2D eigenvalue weighted by Crippen LogP contribution is 2.34. The molecular formula is C25H25ClN4O2S. The van der Waals surface area contributed by atoms with Crippen LogP contribution in [0.3, 0.4) is 0 Å². The van der Waals surface area contributed by atoms with Gasteiger partial charge in [-0.3, -0.25) is 5.32 Å². The zero-order valence-corrected chi connectivity index (χ0v) is 20.4. The fraction of sp³-hybridized carbons (Fsp3) is 0.320. The molecule has 0 aliphatic carbocycles. The lowest BCUT2D eigenvalue weighted by Gasteiger charge is -2.22. The molecular weight excluding hydrogens is 456 g/mol. The number of nitrogens with zero attached hydrogens (tertiary/aromatic N) is 3. The first-order valence-electron chi connectivity index (χ1n) is 11.1. The number of imidazole rings is 1. The maximum Gasteiger partial charge on any atom is 0.412 e. The van der Waals surface area contributed by atoms with Crippen LogP contribution in [0.15, 0.2) is 36.4 Å². The van der Waals surface area contributed by atoms with E-state index >= 15 is 0 Å². The highest BCUT2D eigenvalue weighted by Gasteiger charge is 2.20. The third kappa shape index (κ3) is 4.35. The summed E-state index contributed by atoms with van der Waals surface area (Å²) in [6.45, 7) is 6.29. The number of benzene rings is 2. The van der Waals surface area contributed by atoms with Gasteiger partial charge in [0.1, 0.15) is 22.4 Å². The van der Waals surface area contributed by atoms with E-state index in [0.717, 1.165) is 50.7 Å². The number of thiazole rings is 1. The molecule has 3 heterocycles. The molecule has 0 bridgehead atoms. The largest absolute Gasteiger partial charge is 0.444 e. The van der Waals surface area contributed by atoms with Crippen molar-refractivity contribution in [1.29, 1.82) is 0 Å². The van der Waals surface area contributed by atoms with Crippen LogP contribution in [0, 0.1) is 13.8 Å². The molecule has 6 nitrogen and oxygen atoms in total. The molecule has 5 rings (SSSR count). The van der Waals surface area contributed by atoms with Crippen LogP contribution in [0.2, 0.25) is 5.02 Å². The summed E-state index contributed by atoms with van der Waals surface area (Å²) >= 11 is 7.49. The second-order valence-corrected chi connectivity index (χ2v) is 9.99. The van der Waals surface area contributed by atoms with Crippen molar-refractivity contribution in [2.45, 2.75) is 52.7 Å². The van der Waals surface area contributed by atoms with Crippen LogP contribution in [0.1, 0.15) is 48.5 Å². The standard InChI is InChI=1S/C25H25ClN4O2S/c1-14-11-18(26)8-9-19(14)24-27-16(3)23(33-24)29-25(31)32-13-17-7-10-21-20(12-17)28-22-6-4-5-15(2)30(21)22/h7-12,15H,4-6,13H2,1-3H3,(H,29,31). The van der Waals surface area contributed by atoms with Crippen molar-refractivity contribution in [2.75, 3.05) is 5.32 Å². The van der Waals surface area contributed by atoms with Gasteiger partial charge in [-0.2, -0.15) is 0 Å². The predicted octanol–water partition coefficient (Wildman–Crippen LogP) is 7.08. The third-order valence-electron chi connectivity index (χ3n) is 6.09. The van der Waals surface area contributed by atoms with Gasteiger partial charge in [0.05, 0.1) is 16.7 Å². The summed E-state index contributed by atoms with van der Waals surface area (Å²) in [5.74, 6) is 1.15. The number of amides is 1. The van der Waals surface area contributed by atoms with Gasteiger partial charge in [-0.25, -0.2) is 14.8 Å². The number of fused-ring (bicyclic) bond motifs is 3. The highest BCUT2D eigenvalue weighted by atomic mass is 35.5. The molecule has 33 heavy (non-hydrogen) atoms. The Kier molecular flexibility index (Phi) is 5.85. The lowest BCUT2D eigenvalue weighted by atomic mass is 10.1. The monoisotopic (exact) mass is 480 g/mol. The molecule has 4 aromatic rings. The zero-order chi connectivity index (χ0) is 23.1. The molecule has 2 aromatic heterocycles. The van der Waals surface area contributed by atoms with Crippen molar-refractivity contribution in [3.63, 3.8) is 0 Å². The zero-order valence-electron chi connectivity index (χ0n) is 18.8. The molecule has 0 saturated heterocycles. The fourth-order valence-electron chi connectivity index (χ4n) is 4.41. The average Bonchev–Trinajstić information content (AvgIpc) is 3.32.